The van der Waals surface area contributed by atoms with Gasteiger partial charge in [0.25, 0.3) is 0 Å². The van der Waals surface area contributed by atoms with E-state index in [0.717, 1.165) is 12.0 Å². The molecule has 2 aromatic rings. The van der Waals surface area contributed by atoms with E-state index in [9.17, 15) is 4.79 Å². The molecule has 0 radical (unpaired) electrons. The van der Waals surface area contributed by atoms with Gasteiger partial charge in [-0.2, -0.15) is 0 Å². The number of H-pyrrole nitrogens is 1. The normalized spacial score (nSPS) is 14.2. The summed E-state index contributed by atoms with van der Waals surface area (Å²) in [5.41, 5.74) is 6.99. The Morgan fingerprint density at radius 3 is 2.75 bits per heavy atom. The van der Waals surface area contributed by atoms with Crippen LogP contribution in [0, 0.1) is 0 Å². The monoisotopic (exact) mass is 293 g/mol. The highest BCUT2D eigenvalue weighted by atomic mass is 32.2. The summed E-state index contributed by atoms with van der Waals surface area (Å²) >= 11 is 1.51. The topological polar surface area (TPSA) is 89.6 Å². The van der Waals surface area contributed by atoms with Crippen LogP contribution >= 0.6 is 11.8 Å². The highest BCUT2D eigenvalue weighted by Crippen LogP contribution is 2.35. The van der Waals surface area contributed by atoms with Crippen molar-refractivity contribution in [3.63, 3.8) is 0 Å². The third-order valence-corrected chi connectivity index (χ3v) is 4.39. The Balaban J connectivity index is 2.28. The molecule has 0 bridgehead atoms. The van der Waals surface area contributed by atoms with E-state index in [1.807, 2.05) is 26.0 Å². The number of aromatic amines is 1. The summed E-state index contributed by atoms with van der Waals surface area (Å²) in [7, 11) is 0. The van der Waals surface area contributed by atoms with Crippen LogP contribution in [0.3, 0.4) is 0 Å². The maximum atomic E-state index is 11.7. The van der Waals surface area contributed by atoms with Gasteiger partial charge in [-0.3, -0.25) is 9.55 Å². The summed E-state index contributed by atoms with van der Waals surface area (Å²) < 4.78 is 1.65. The van der Waals surface area contributed by atoms with Crippen molar-refractivity contribution in [3.05, 3.63) is 40.6 Å². The average Bonchev–Trinajstić information content (AvgIpc) is 2.78. The Labute approximate surface area is 121 Å². The number of pyridine rings is 1. The van der Waals surface area contributed by atoms with Crippen LogP contribution in [0.4, 0.5) is 0 Å². The van der Waals surface area contributed by atoms with Crippen molar-refractivity contribution in [2.24, 2.45) is 5.73 Å². The van der Waals surface area contributed by atoms with E-state index in [1.54, 1.807) is 17.0 Å². The zero-order chi connectivity index (χ0) is 14.5. The van der Waals surface area contributed by atoms with Crippen molar-refractivity contribution >= 4 is 11.8 Å². The fraction of sp³-hybridized carbons (Fsp3) is 0.462. The van der Waals surface area contributed by atoms with Gasteiger partial charge in [-0.15, -0.1) is 5.10 Å². The number of hydrogen-bond acceptors (Lipinski definition) is 5. The molecule has 0 aliphatic rings. The quantitative estimate of drug-likeness (QED) is 0.789. The van der Waals surface area contributed by atoms with Crippen LogP contribution in [-0.2, 0) is 6.54 Å². The Bertz CT molecular complexity index is 592. The lowest BCUT2D eigenvalue weighted by molar-refractivity contribution is 0.600. The predicted octanol–water partition coefficient (Wildman–Crippen LogP) is 1.56. The number of nitrogens with one attached hydrogen (secondary N) is 1. The van der Waals surface area contributed by atoms with E-state index < -0.39 is 0 Å². The third-order valence-electron chi connectivity index (χ3n) is 2.92. The molecule has 2 unspecified atom stereocenters. The van der Waals surface area contributed by atoms with E-state index in [-0.39, 0.29) is 17.0 Å². The molecule has 0 saturated heterocycles. The molecule has 0 aliphatic heterocycles. The largest absolute Gasteiger partial charge is 0.343 e. The first-order valence-corrected chi connectivity index (χ1v) is 7.48. The summed E-state index contributed by atoms with van der Waals surface area (Å²) in [5.74, 6) is 0. The van der Waals surface area contributed by atoms with Gasteiger partial charge in [-0.25, -0.2) is 9.89 Å². The number of rotatable bonds is 6. The van der Waals surface area contributed by atoms with E-state index in [4.69, 9.17) is 5.73 Å². The Morgan fingerprint density at radius 1 is 1.45 bits per heavy atom. The molecule has 108 valence electrons. The second kappa shape index (κ2) is 6.71. The molecular weight excluding hydrogens is 274 g/mol. The molecule has 0 saturated carbocycles. The molecule has 0 fully saturated rings. The molecule has 2 rings (SSSR count). The lowest BCUT2D eigenvalue weighted by atomic mass is 10.1. The van der Waals surface area contributed by atoms with Crippen LogP contribution in [0.1, 0.15) is 31.1 Å². The van der Waals surface area contributed by atoms with E-state index in [0.29, 0.717) is 11.7 Å². The van der Waals surface area contributed by atoms with Gasteiger partial charge in [0, 0.05) is 25.0 Å². The molecule has 7 heteroatoms. The van der Waals surface area contributed by atoms with Crippen molar-refractivity contribution in [3.8, 4) is 0 Å². The van der Waals surface area contributed by atoms with Crippen molar-refractivity contribution in [1.82, 2.24) is 19.7 Å². The van der Waals surface area contributed by atoms with Gasteiger partial charge in [0.05, 0.1) is 5.25 Å². The molecular formula is C13H19N5OS. The highest BCUT2D eigenvalue weighted by molar-refractivity contribution is 7.99. The minimum Gasteiger partial charge on any atom is -0.327 e. The molecule has 0 aliphatic carbocycles. The van der Waals surface area contributed by atoms with E-state index in [2.05, 4.69) is 15.2 Å². The van der Waals surface area contributed by atoms with Gasteiger partial charge < -0.3 is 5.73 Å². The second-order valence-corrected chi connectivity index (χ2v) is 5.75. The Morgan fingerprint density at radius 2 is 2.15 bits per heavy atom. The van der Waals surface area contributed by atoms with Gasteiger partial charge in [0.15, 0.2) is 5.16 Å². The Hall–Kier alpha value is -1.60. The van der Waals surface area contributed by atoms with Gasteiger partial charge in [-0.05, 0) is 31.0 Å². The van der Waals surface area contributed by atoms with Gasteiger partial charge in [0.2, 0.25) is 0 Å². The minimum absolute atomic E-state index is 0.0313. The van der Waals surface area contributed by atoms with Crippen LogP contribution in [-0.4, -0.2) is 25.8 Å². The fourth-order valence-electron chi connectivity index (χ4n) is 1.96. The van der Waals surface area contributed by atoms with Gasteiger partial charge >= 0.3 is 5.69 Å². The molecule has 2 atom stereocenters. The van der Waals surface area contributed by atoms with E-state index in [1.165, 1.54) is 11.8 Å². The van der Waals surface area contributed by atoms with Crippen LogP contribution < -0.4 is 11.4 Å². The minimum atomic E-state index is -0.174. The van der Waals surface area contributed by atoms with Gasteiger partial charge in [0.1, 0.15) is 0 Å². The maximum Gasteiger partial charge on any atom is 0.343 e. The van der Waals surface area contributed by atoms with Crippen LogP contribution in [0.2, 0.25) is 0 Å². The van der Waals surface area contributed by atoms with Crippen molar-refractivity contribution in [2.75, 3.05) is 0 Å². The summed E-state index contributed by atoms with van der Waals surface area (Å²) in [6.45, 7) is 4.63. The predicted molar refractivity (Wildman–Crippen MR) is 79.6 cm³/mol. The third kappa shape index (κ3) is 3.29. The summed E-state index contributed by atoms with van der Waals surface area (Å²) in [6.07, 6.45) is 4.37. The number of nitrogens with zero attached hydrogens (tertiary/aromatic N) is 3. The molecule has 6 nitrogen and oxygen atoms in total. The lowest BCUT2D eigenvalue weighted by Gasteiger charge is -2.20. The average molecular weight is 293 g/mol. The van der Waals surface area contributed by atoms with Crippen molar-refractivity contribution in [1.29, 1.82) is 0 Å². The molecule has 3 N–H and O–H groups in total. The molecule has 0 spiro atoms. The number of aromatic nitrogens is 4. The molecule has 0 aromatic carbocycles. The molecule has 2 heterocycles. The smallest absolute Gasteiger partial charge is 0.327 e. The van der Waals surface area contributed by atoms with E-state index >= 15 is 0 Å². The maximum absolute atomic E-state index is 11.7. The number of thioether (sulfide) groups is 1. The summed E-state index contributed by atoms with van der Waals surface area (Å²) in [6, 6.07) is 3.82. The van der Waals surface area contributed by atoms with Crippen LogP contribution in [0.15, 0.2) is 34.5 Å². The zero-order valence-corrected chi connectivity index (χ0v) is 12.4. The number of hydrogen-bond donors (Lipinski definition) is 2. The lowest BCUT2D eigenvalue weighted by Crippen LogP contribution is -2.24. The van der Waals surface area contributed by atoms with Crippen LogP contribution in [0.25, 0.3) is 0 Å². The number of nitrogens with two attached hydrogens (primary N) is 1. The Kier molecular flexibility index (Phi) is 4.97. The SMILES string of the molecule is CCCn1c(SC(c2ccncc2)C(C)N)n[nH]c1=O. The molecule has 20 heavy (non-hydrogen) atoms. The zero-order valence-electron chi connectivity index (χ0n) is 11.6. The van der Waals surface area contributed by atoms with Crippen molar-refractivity contribution in [2.45, 2.75) is 43.3 Å². The van der Waals surface area contributed by atoms with Gasteiger partial charge in [-0.1, -0.05) is 18.7 Å². The first-order chi connectivity index (χ1) is 9.63. The first kappa shape index (κ1) is 14.8. The fourth-order valence-corrected chi connectivity index (χ4v) is 3.09. The second-order valence-electron chi connectivity index (χ2n) is 4.64. The standard InChI is InChI=1S/C13H19N5OS/c1-3-8-18-12(19)16-17-13(18)20-11(9(2)14)10-4-6-15-7-5-10/h4-7,9,11H,3,8,14H2,1-2H3,(H,16,19). The first-order valence-electron chi connectivity index (χ1n) is 6.60. The summed E-state index contributed by atoms with van der Waals surface area (Å²) in [4.78, 5) is 15.7. The van der Waals surface area contributed by atoms with Crippen LogP contribution in [0.5, 0.6) is 0 Å². The van der Waals surface area contributed by atoms with Crippen molar-refractivity contribution < 1.29 is 0 Å². The molecule has 0 amide bonds. The molecule has 2 aromatic heterocycles. The highest BCUT2D eigenvalue weighted by Gasteiger charge is 2.21. The summed E-state index contributed by atoms with van der Waals surface area (Å²) in [5, 5.41) is 7.31.